The van der Waals surface area contributed by atoms with Gasteiger partial charge in [-0.3, -0.25) is 14.6 Å². The van der Waals surface area contributed by atoms with Gasteiger partial charge in [0.05, 0.1) is 27.3 Å². The summed E-state index contributed by atoms with van der Waals surface area (Å²) in [6.07, 6.45) is 1.51. The number of aromatic nitrogens is 1. The Bertz CT molecular complexity index is 1020. The highest BCUT2D eigenvalue weighted by Crippen LogP contribution is 2.25. The van der Waals surface area contributed by atoms with Crippen molar-refractivity contribution in [3.8, 4) is 0 Å². The van der Waals surface area contributed by atoms with E-state index in [2.05, 4.69) is 10.3 Å². The first-order valence-corrected chi connectivity index (χ1v) is 9.61. The van der Waals surface area contributed by atoms with Crippen LogP contribution < -0.4 is 5.32 Å². The van der Waals surface area contributed by atoms with Gasteiger partial charge in [-0.2, -0.15) is 0 Å². The number of nitrogens with one attached hydrogen (secondary N) is 1. The van der Waals surface area contributed by atoms with Gasteiger partial charge >= 0.3 is 0 Å². The van der Waals surface area contributed by atoms with Crippen molar-refractivity contribution in [2.24, 2.45) is 0 Å². The highest BCUT2D eigenvalue weighted by atomic mass is 35.5. The van der Waals surface area contributed by atoms with E-state index in [1.165, 1.54) is 17.2 Å². The highest BCUT2D eigenvalue weighted by molar-refractivity contribution is 6.42. The van der Waals surface area contributed by atoms with Crippen molar-refractivity contribution >= 4 is 35.0 Å². The summed E-state index contributed by atoms with van der Waals surface area (Å²) in [4.78, 5) is 30.9. The van der Waals surface area contributed by atoms with Crippen molar-refractivity contribution in [3.63, 3.8) is 0 Å². The minimum Gasteiger partial charge on any atom is -0.345 e. The fraction of sp³-hybridized carbons (Fsp3) is 0.136. The molecule has 0 aliphatic carbocycles. The maximum absolute atomic E-state index is 12.8. The molecule has 1 heterocycles. The largest absolute Gasteiger partial charge is 0.345 e. The van der Waals surface area contributed by atoms with Gasteiger partial charge in [-0.1, -0.05) is 53.5 Å². The Morgan fingerprint density at radius 3 is 2.21 bits per heavy atom. The molecule has 5 nitrogen and oxygen atoms in total. The lowest BCUT2D eigenvalue weighted by Gasteiger charge is -2.20. The topological polar surface area (TPSA) is 62.3 Å². The summed E-state index contributed by atoms with van der Waals surface area (Å²) >= 11 is 12.0. The summed E-state index contributed by atoms with van der Waals surface area (Å²) in [7, 11) is 3.36. The van der Waals surface area contributed by atoms with E-state index >= 15 is 0 Å². The summed E-state index contributed by atoms with van der Waals surface area (Å²) in [5.41, 5.74) is 2.33. The van der Waals surface area contributed by atoms with E-state index in [0.29, 0.717) is 26.9 Å². The minimum absolute atomic E-state index is 0.139. The molecular formula is C22H19Cl2N3O2. The van der Waals surface area contributed by atoms with Gasteiger partial charge in [0.15, 0.2) is 0 Å². The van der Waals surface area contributed by atoms with Crippen LogP contribution in [-0.4, -0.2) is 35.8 Å². The lowest BCUT2D eigenvalue weighted by atomic mass is 10.0. The Morgan fingerprint density at radius 2 is 1.62 bits per heavy atom. The van der Waals surface area contributed by atoms with E-state index < -0.39 is 6.04 Å². The van der Waals surface area contributed by atoms with Crippen LogP contribution in [0.4, 0.5) is 0 Å². The molecule has 1 atom stereocenters. The number of nitrogens with zero attached hydrogens (tertiary/aromatic N) is 2. The van der Waals surface area contributed by atoms with Crippen molar-refractivity contribution < 1.29 is 9.59 Å². The third-order valence-corrected chi connectivity index (χ3v) is 5.06. The maximum atomic E-state index is 12.8. The molecule has 0 bridgehead atoms. The highest BCUT2D eigenvalue weighted by Gasteiger charge is 2.20. The number of amides is 2. The zero-order valence-corrected chi connectivity index (χ0v) is 17.4. The van der Waals surface area contributed by atoms with Crippen LogP contribution in [0, 0.1) is 0 Å². The SMILES string of the molecule is CN(C)C(=O)c1ccc([C@@H](NC(=O)c2ccc(Cl)c(Cl)c2)c2ccccc2)nc1. The molecule has 0 spiro atoms. The normalized spacial score (nSPS) is 11.6. The summed E-state index contributed by atoms with van der Waals surface area (Å²) in [5, 5.41) is 3.67. The van der Waals surface area contributed by atoms with Gasteiger partial charge in [0.2, 0.25) is 0 Å². The van der Waals surface area contributed by atoms with Crippen LogP contribution in [0.2, 0.25) is 10.0 Å². The molecular weight excluding hydrogens is 409 g/mol. The average molecular weight is 428 g/mol. The second-order valence-electron chi connectivity index (χ2n) is 6.62. The summed E-state index contributed by atoms with van der Waals surface area (Å²) in [6.45, 7) is 0. The molecule has 0 saturated heterocycles. The van der Waals surface area contributed by atoms with E-state index in [-0.39, 0.29) is 11.8 Å². The van der Waals surface area contributed by atoms with E-state index in [1.54, 1.807) is 38.4 Å². The van der Waals surface area contributed by atoms with Crippen LogP contribution in [0.5, 0.6) is 0 Å². The van der Waals surface area contributed by atoms with Gasteiger partial charge in [-0.05, 0) is 35.9 Å². The molecule has 0 saturated carbocycles. The molecule has 1 N–H and O–H groups in total. The van der Waals surface area contributed by atoms with Gasteiger partial charge in [0.1, 0.15) is 0 Å². The van der Waals surface area contributed by atoms with Crippen molar-refractivity contribution in [3.05, 3.63) is 99.3 Å². The van der Waals surface area contributed by atoms with Crippen molar-refractivity contribution in [2.75, 3.05) is 14.1 Å². The van der Waals surface area contributed by atoms with Crippen LogP contribution in [0.25, 0.3) is 0 Å². The first-order chi connectivity index (χ1) is 13.9. The van der Waals surface area contributed by atoms with Gasteiger partial charge in [0, 0.05) is 25.9 Å². The van der Waals surface area contributed by atoms with Gasteiger partial charge in [-0.25, -0.2) is 0 Å². The molecule has 2 amide bonds. The molecule has 1 aromatic heterocycles. The van der Waals surface area contributed by atoms with Gasteiger partial charge in [0.25, 0.3) is 11.8 Å². The predicted molar refractivity (Wildman–Crippen MR) is 114 cm³/mol. The third-order valence-electron chi connectivity index (χ3n) is 4.33. The molecule has 2 aromatic carbocycles. The van der Waals surface area contributed by atoms with E-state index in [1.807, 2.05) is 30.3 Å². The maximum Gasteiger partial charge on any atom is 0.254 e. The summed E-state index contributed by atoms with van der Waals surface area (Å²) in [6, 6.07) is 17.1. The third kappa shape index (κ3) is 4.94. The van der Waals surface area contributed by atoms with E-state index in [4.69, 9.17) is 23.2 Å². The second-order valence-corrected chi connectivity index (χ2v) is 7.43. The van der Waals surface area contributed by atoms with Crippen molar-refractivity contribution in [2.45, 2.75) is 6.04 Å². The quantitative estimate of drug-likeness (QED) is 0.646. The van der Waals surface area contributed by atoms with Crippen LogP contribution >= 0.6 is 23.2 Å². The number of benzene rings is 2. The Balaban J connectivity index is 1.92. The first kappa shape index (κ1) is 20.8. The summed E-state index contributed by atoms with van der Waals surface area (Å²) in [5.74, 6) is -0.451. The smallest absolute Gasteiger partial charge is 0.254 e. The average Bonchev–Trinajstić information content (AvgIpc) is 2.74. The monoisotopic (exact) mass is 427 g/mol. The molecule has 0 fully saturated rings. The predicted octanol–water partition coefficient (Wildman–Crippen LogP) is 4.61. The van der Waals surface area contributed by atoms with Crippen LogP contribution in [0.15, 0.2) is 66.9 Å². The van der Waals surface area contributed by atoms with Gasteiger partial charge < -0.3 is 10.2 Å². The molecule has 7 heteroatoms. The lowest BCUT2D eigenvalue weighted by molar-refractivity contribution is 0.0826. The summed E-state index contributed by atoms with van der Waals surface area (Å²) < 4.78 is 0. The molecule has 29 heavy (non-hydrogen) atoms. The number of carbonyl (C=O) groups excluding carboxylic acids is 2. The fourth-order valence-corrected chi connectivity index (χ4v) is 3.08. The van der Waals surface area contributed by atoms with Crippen LogP contribution in [-0.2, 0) is 0 Å². The number of pyridine rings is 1. The van der Waals surface area contributed by atoms with E-state index in [9.17, 15) is 9.59 Å². The lowest BCUT2D eigenvalue weighted by Crippen LogP contribution is -2.30. The number of carbonyl (C=O) groups is 2. The molecule has 0 radical (unpaired) electrons. The second kappa shape index (κ2) is 9.07. The molecule has 3 aromatic rings. The fourth-order valence-electron chi connectivity index (χ4n) is 2.79. The van der Waals surface area contributed by atoms with E-state index in [0.717, 1.165) is 5.56 Å². The zero-order valence-electron chi connectivity index (χ0n) is 15.9. The van der Waals surface area contributed by atoms with Gasteiger partial charge in [-0.15, -0.1) is 0 Å². The number of hydrogen-bond donors (Lipinski definition) is 1. The molecule has 148 valence electrons. The standard InChI is InChI=1S/C22H19Cl2N3O2/c1-27(2)22(29)16-9-11-19(25-13-16)20(14-6-4-3-5-7-14)26-21(28)15-8-10-17(23)18(24)12-15/h3-13,20H,1-2H3,(H,26,28)/t20-/m0/s1. The Hall–Kier alpha value is -2.89. The number of hydrogen-bond acceptors (Lipinski definition) is 3. The Kier molecular flexibility index (Phi) is 6.52. The molecule has 0 unspecified atom stereocenters. The van der Waals surface area contributed by atoms with Crippen LogP contribution in [0.1, 0.15) is 38.0 Å². The molecule has 0 aliphatic heterocycles. The number of halogens is 2. The van der Waals surface area contributed by atoms with Crippen molar-refractivity contribution in [1.29, 1.82) is 0 Å². The molecule has 3 rings (SSSR count). The first-order valence-electron chi connectivity index (χ1n) is 8.85. The Labute approximate surface area is 179 Å². The number of rotatable bonds is 5. The van der Waals surface area contributed by atoms with Crippen molar-refractivity contribution in [1.82, 2.24) is 15.2 Å². The minimum atomic E-state index is -0.498. The molecule has 0 aliphatic rings. The zero-order chi connectivity index (χ0) is 21.0. The van der Waals surface area contributed by atoms with Crippen LogP contribution in [0.3, 0.4) is 0 Å². The Morgan fingerprint density at radius 1 is 0.931 bits per heavy atom.